The summed E-state index contributed by atoms with van der Waals surface area (Å²) in [5.74, 6) is -1.19. The van der Waals surface area contributed by atoms with Crippen molar-refractivity contribution in [2.24, 2.45) is 0 Å². The molecule has 2 aromatic rings. The number of anilines is 2. The van der Waals surface area contributed by atoms with Crippen LogP contribution in [0.4, 0.5) is 11.4 Å². The molecule has 0 N–H and O–H groups in total. The predicted octanol–water partition coefficient (Wildman–Crippen LogP) is 4.48. The van der Waals surface area contributed by atoms with Crippen LogP contribution in [0.3, 0.4) is 0 Å². The summed E-state index contributed by atoms with van der Waals surface area (Å²) in [5.41, 5.74) is 7.46. The number of ether oxygens (including phenoxy) is 1. The van der Waals surface area contributed by atoms with Crippen LogP contribution in [0.25, 0.3) is 0 Å². The monoisotopic (exact) mass is 606 g/mol. The second-order valence-electron chi connectivity index (χ2n) is 13.0. The molecule has 4 aliphatic rings. The molecule has 0 bridgehead atoms. The lowest BCUT2D eigenvalue weighted by Crippen LogP contribution is -2.31. The molecular formula is C36H38N4O5. The molecule has 0 radical (unpaired) electrons. The Morgan fingerprint density at radius 3 is 1.29 bits per heavy atom. The molecule has 0 atom stereocenters. The van der Waals surface area contributed by atoms with Crippen LogP contribution in [0.5, 0.6) is 0 Å². The third-order valence-electron chi connectivity index (χ3n) is 9.55. The summed E-state index contributed by atoms with van der Waals surface area (Å²) < 4.78 is 6.18. The standard InChI is InChI=1S/C36H38N4O5/c1-23-35(3,4)27-9-7-25(21-39-31(41)11-12-32(39)42)19-29(27)37(23)15-17-45-18-16-38-24(2)36(5,6)28-10-8-26(20-30(28)38)22-40-33(43)13-14-34(40)44/h7-14,19-20H,1-2,15-18,21-22H2,3-6H3. The van der Waals surface area contributed by atoms with Gasteiger partial charge in [0.05, 0.1) is 26.3 Å². The zero-order chi connectivity index (χ0) is 32.3. The maximum Gasteiger partial charge on any atom is 0.253 e. The Labute approximate surface area is 263 Å². The van der Waals surface area contributed by atoms with Crippen molar-refractivity contribution < 1.29 is 23.9 Å². The van der Waals surface area contributed by atoms with E-state index in [9.17, 15) is 19.2 Å². The highest BCUT2D eigenvalue weighted by Crippen LogP contribution is 2.48. The number of hydrogen-bond acceptors (Lipinski definition) is 7. The summed E-state index contributed by atoms with van der Waals surface area (Å²) in [4.78, 5) is 55.3. The number of fused-ring (bicyclic) bond motifs is 2. The number of amides is 4. The molecule has 9 nitrogen and oxygen atoms in total. The zero-order valence-electron chi connectivity index (χ0n) is 26.3. The zero-order valence-corrected chi connectivity index (χ0v) is 26.3. The van der Waals surface area contributed by atoms with Crippen LogP contribution in [0.2, 0.25) is 0 Å². The van der Waals surface area contributed by atoms with Crippen molar-refractivity contribution in [2.75, 3.05) is 36.1 Å². The van der Waals surface area contributed by atoms with Gasteiger partial charge in [0.2, 0.25) is 0 Å². The van der Waals surface area contributed by atoms with E-state index in [2.05, 4.69) is 62.8 Å². The molecule has 4 heterocycles. The lowest BCUT2D eigenvalue weighted by Gasteiger charge is -2.27. The van der Waals surface area contributed by atoms with E-state index in [-0.39, 0.29) is 47.5 Å². The van der Waals surface area contributed by atoms with Gasteiger partial charge in [0.1, 0.15) is 0 Å². The molecule has 0 unspecified atom stereocenters. The number of carbonyl (C=O) groups is 4. The fraction of sp³-hybridized carbons (Fsp3) is 0.333. The van der Waals surface area contributed by atoms with Crippen LogP contribution in [-0.2, 0) is 47.8 Å². The number of rotatable bonds is 10. The van der Waals surface area contributed by atoms with Gasteiger partial charge in [-0.1, -0.05) is 65.1 Å². The molecule has 6 rings (SSSR count). The quantitative estimate of drug-likeness (QED) is 0.291. The SMILES string of the molecule is C=C1N(CCOCCN2C(=C)C(C)(C)c3ccc(CN4C(=O)C=CC4=O)cc32)c2cc(CN3C(=O)C=CC3=O)ccc2C1(C)C. The van der Waals surface area contributed by atoms with Crippen molar-refractivity contribution in [1.29, 1.82) is 0 Å². The molecule has 2 aromatic carbocycles. The van der Waals surface area contributed by atoms with Crippen LogP contribution in [0.15, 0.2) is 85.3 Å². The first-order valence-electron chi connectivity index (χ1n) is 15.2. The Hall–Kier alpha value is -4.76. The number of allylic oxidation sites excluding steroid dienone is 2. The molecule has 0 fully saturated rings. The fourth-order valence-corrected chi connectivity index (χ4v) is 6.59. The Bertz CT molecular complexity index is 1570. The van der Waals surface area contributed by atoms with Crippen molar-refractivity contribution >= 4 is 35.0 Å². The third kappa shape index (κ3) is 5.11. The van der Waals surface area contributed by atoms with E-state index in [1.807, 2.05) is 24.3 Å². The summed E-state index contributed by atoms with van der Waals surface area (Å²) in [6.45, 7) is 19.9. The largest absolute Gasteiger partial charge is 0.378 e. The van der Waals surface area contributed by atoms with E-state index < -0.39 is 0 Å². The molecule has 45 heavy (non-hydrogen) atoms. The molecule has 4 amide bonds. The smallest absolute Gasteiger partial charge is 0.253 e. The van der Waals surface area contributed by atoms with Crippen molar-refractivity contribution in [3.05, 3.63) is 108 Å². The summed E-state index contributed by atoms with van der Waals surface area (Å²) in [6, 6.07) is 12.1. The minimum atomic E-state index is -0.299. The Kier molecular flexibility index (Phi) is 7.40. The van der Waals surface area contributed by atoms with Crippen molar-refractivity contribution in [3.63, 3.8) is 0 Å². The van der Waals surface area contributed by atoms with Gasteiger partial charge in [-0.2, -0.15) is 0 Å². The molecule has 232 valence electrons. The van der Waals surface area contributed by atoms with E-state index >= 15 is 0 Å². The molecule has 0 aliphatic carbocycles. The van der Waals surface area contributed by atoms with Crippen molar-refractivity contribution in [2.45, 2.75) is 51.6 Å². The second-order valence-corrected chi connectivity index (χ2v) is 13.0. The van der Waals surface area contributed by atoms with Gasteiger partial charge in [-0.05, 0) is 34.4 Å². The summed E-state index contributed by atoms with van der Waals surface area (Å²) in [6.07, 6.45) is 5.21. The van der Waals surface area contributed by atoms with E-state index in [4.69, 9.17) is 4.74 Å². The van der Waals surface area contributed by atoms with Crippen molar-refractivity contribution in [1.82, 2.24) is 9.80 Å². The fourth-order valence-electron chi connectivity index (χ4n) is 6.59. The average Bonchev–Trinajstić information content (AvgIpc) is 3.61. The average molecular weight is 607 g/mol. The Balaban J connectivity index is 1.10. The molecule has 4 aliphatic heterocycles. The predicted molar refractivity (Wildman–Crippen MR) is 172 cm³/mol. The minimum Gasteiger partial charge on any atom is -0.378 e. The normalized spacial score (nSPS) is 19.6. The van der Waals surface area contributed by atoms with Gasteiger partial charge < -0.3 is 14.5 Å². The van der Waals surface area contributed by atoms with E-state index in [1.54, 1.807) is 0 Å². The first-order chi connectivity index (χ1) is 21.3. The highest BCUT2D eigenvalue weighted by molar-refractivity contribution is 6.13. The van der Waals surface area contributed by atoms with Crippen molar-refractivity contribution in [3.8, 4) is 0 Å². The van der Waals surface area contributed by atoms with E-state index in [0.29, 0.717) is 26.3 Å². The number of carbonyl (C=O) groups excluding carboxylic acids is 4. The Morgan fingerprint density at radius 1 is 0.578 bits per heavy atom. The van der Waals surface area contributed by atoms with E-state index in [0.717, 1.165) is 45.0 Å². The number of benzene rings is 2. The molecular weight excluding hydrogens is 568 g/mol. The lowest BCUT2D eigenvalue weighted by molar-refractivity contribution is -0.139. The van der Waals surface area contributed by atoms with Crippen LogP contribution in [0.1, 0.15) is 49.9 Å². The molecule has 0 spiro atoms. The van der Waals surface area contributed by atoms with Gasteiger partial charge in [0.25, 0.3) is 23.6 Å². The summed E-state index contributed by atoms with van der Waals surface area (Å²) in [7, 11) is 0. The topological polar surface area (TPSA) is 90.5 Å². The van der Waals surface area contributed by atoms with Gasteiger partial charge >= 0.3 is 0 Å². The van der Waals surface area contributed by atoms with E-state index in [1.165, 1.54) is 34.1 Å². The second kappa shape index (κ2) is 11.0. The van der Waals surface area contributed by atoms with Gasteiger partial charge in [0.15, 0.2) is 0 Å². The van der Waals surface area contributed by atoms with Crippen LogP contribution >= 0.6 is 0 Å². The Morgan fingerprint density at radius 2 is 0.933 bits per heavy atom. The maximum atomic E-state index is 12.1. The first kappa shape index (κ1) is 30.3. The first-order valence-corrected chi connectivity index (χ1v) is 15.2. The number of hydrogen-bond donors (Lipinski definition) is 0. The minimum absolute atomic E-state index is 0.218. The van der Waals surface area contributed by atoms with Gasteiger partial charge in [-0.3, -0.25) is 29.0 Å². The molecule has 0 saturated heterocycles. The van der Waals surface area contributed by atoms with Gasteiger partial charge in [0, 0.05) is 71.0 Å². The number of nitrogens with zero attached hydrogens (tertiary/aromatic N) is 4. The highest BCUT2D eigenvalue weighted by Gasteiger charge is 2.40. The molecule has 0 aromatic heterocycles. The summed E-state index contributed by atoms with van der Waals surface area (Å²) in [5, 5.41) is 0. The maximum absolute atomic E-state index is 12.1. The number of imide groups is 2. The van der Waals surface area contributed by atoms with Crippen LogP contribution in [0, 0.1) is 0 Å². The molecule has 9 heteroatoms. The summed E-state index contributed by atoms with van der Waals surface area (Å²) >= 11 is 0. The third-order valence-corrected chi connectivity index (χ3v) is 9.55. The van der Waals surface area contributed by atoms with Crippen LogP contribution < -0.4 is 9.80 Å². The van der Waals surface area contributed by atoms with Gasteiger partial charge in [-0.15, -0.1) is 0 Å². The highest BCUT2D eigenvalue weighted by atomic mass is 16.5. The van der Waals surface area contributed by atoms with Gasteiger partial charge in [-0.25, -0.2) is 0 Å². The van der Waals surface area contributed by atoms with Crippen LogP contribution in [-0.4, -0.2) is 59.7 Å². The lowest BCUT2D eigenvalue weighted by atomic mass is 9.84. The molecule has 0 saturated carbocycles.